The van der Waals surface area contributed by atoms with Gasteiger partial charge in [-0.3, -0.25) is 0 Å². The van der Waals surface area contributed by atoms with Crippen molar-refractivity contribution in [2.24, 2.45) is 0 Å². The molecule has 0 aliphatic heterocycles. The molecule has 2 nitrogen and oxygen atoms in total. The molecule has 1 N–H and O–H groups in total. The van der Waals surface area contributed by atoms with Crippen molar-refractivity contribution in [2.75, 3.05) is 5.32 Å². The highest BCUT2D eigenvalue weighted by Crippen LogP contribution is 2.33. The molecule has 1 aliphatic carbocycles. The van der Waals surface area contributed by atoms with Crippen LogP contribution in [0.3, 0.4) is 0 Å². The van der Waals surface area contributed by atoms with Gasteiger partial charge in [-0.1, -0.05) is 48.0 Å². The molecule has 0 saturated heterocycles. The lowest BCUT2D eigenvalue weighted by atomic mass is 9.78. The quantitative estimate of drug-likeness (QED) is 0.896. The van der Waals surface area contributed by atoms with Crippen molar-refractivity contribution in [1.29, 1.82) is 5.26 Å². The summed E-state index contributed by atoms with van der Waals surface area (Å²) in [6.07, 6.45) is 2.43. The monoisotopic (exact) mass is 282 g/mol. The molecule has 1 aliphatic rings. The van der Waals surface area contributed by atoms with Crippen molar-refractivity contribution in [3.05, 3.63) is 64.7 Å². The highest BCUT2D eigenvalue weighted by molar-refractivity contribution is 6.33. The number of nitrogens with one attached hydrogen (secondary N) is 1. The van der Waals surface area contributed by atoms with Gasteiger partial charge >= 0.3 is 0 Å². The maximum Gasteiger partial charge on any atom is 0.129 e. The van der Waals surface area contributed by atoms with Gasteiger partial charge in [0.25, 0.3) is 0 Å². The minimum absolute atomic E-state index is 0.570. The fourth-order valence-corrected chi connectivity index (χ4v) is 2.97. The Balaban J connectivity index is 1.91. The lowest BCUT2D eigenvalue weighted by Gasteiger charge is -2.34. The van der Waals surface area contributed by atoms with Gasteiger partial charge in [0.05, 0.1) is 16.8 Å². The van der Waals surface area contributed by atoms with E-state index in [1.54, 1.807) is 0 Å². The number of rotatable bonds is 2. The molecule has 0 aromatic heterocycles. The average molecular weight is 283 g/mol. The number of nitrogens with zero attached hydrogens (tertiary/aromatic N) is 1. The van der Waals surface area contributed by atoms with Crippen LogP contribution in [0, 0.1) is 11.3 Å². The molecule has 100 valence electrons. The molecule has 3 heteroatoms. The number of hydrogen-bond donors (Lipinski definition) is 1. The van der Waals surface area contributed by atoms with E-state index in [1.807, 2.05) is 30.3 Å². The smallest absolute Gasteiger partial charge is 0.129 e. The van der Waals surface area contributed by atoms with Crippen LogP contribution in [0.2, 0.25) is 5.02 Å². The second-order valence-corrected chi connectivity index (χ2v) is 5.65. The third kappa shape index (κ3) is 2.37. The number of hydrogen-bond acceptors (Lipinski definition) is 2. The first-order chi connectivity index (χ1) is 9.72. The molecule has 0 saturated carbocycles. The number of fused-ring (bicyclic) bond motifs is 1. The molecule has 0 heterocycles. The summed E-state index contributed by atoms with van der Waals surface area (Å²) in [4.78, 5) is 0. The molecule has 1 unspecified atom stereocenters. The predicted octanol–water partition coefficient (Wildman–Crippen LogP) is 4.20. The molecule has 0 bridgehead atoms. The molecule has 0 amide bonds. The van der Waals surface area contributed by atoms with Gasteiger partial charge in [0.1, 0.15) is 5.54 Å². The van der Waals surface area contributed by atoms with Crippen LogP contribution in [0.4, 0.5) is 5.69 Å². The van der Waals surface area contributed by atoms with Crippen molar-refractivity contribution in [3.63, 3.8) is 0 Å². The van der Waals surface area contributed by atoms with Crippen molar-refractivity contribution >= 4 is 17.3 Å². The zero-order chi connectivity index (χ0) is 14.0. The van der Waals surface area contributed by atoms with Crippen LogP contribution in [-0.4, -0.2) is 5.54 Å². The van der Waals surface area contributed by atoms with E-state index >= 15 is 0 Å². The highest BCUT2D eigenvalue weighted by atomic mass is 35.5. The number of anilines is 1. The van der Waals surface area contributed by atoms with Crippen LogP contribution >= 0.6 is 11.6 Å². The Kier molecular flexibility index (Phi) is 3.38. The van der Waals surface area contributed by atoms with Crippen LogP contribution in [0.1, 0.15) is 17.5 Å². The second-order valence-electron chi connectivity index (χ2n) is 5.24. The topological polar surface area (TPSA) is 35.8 Å². The number of nitriles is 1. The Morgan fingerprint density at radius 3 is 2.50 bits per heavy atom. The van der Waals surface area contributed by atoms with Crippen LogP contribution in [0.15, 0.2) is 48.5 Å². The molecule has 1 atom stereocenters. The van der Waals surface area contributed by atoms with Crippen molar-refractivity contribution < 1.29 is 0 Å². The Bertz CT molecular complexity index is 675. The van der Waals surface area contributed by atoms with E-state index in [2.05, 4.69) is 29.6 Å². The molecule has 0 fully saturated rings. The summed E-state index contributed by atoms with van der Waals surface area (Å²) in [6, 6.07) is 18.4. The lowest BCUT2D eigenvalue weighted by molar-refractivity contribution is 0.507. The Morgan fingerprint density at radius 2 is 1.75 bits per heavy atom. The zero-order valence-corrected chi connectivity index (χ0v) is 11.8. The van der Waals surface area contributed by atoms with Gasteiger partial charge < -0.3 is 5.32 Å². The molecule has 3 rings (SSSR count). The lowest BCUT2D eigenvalue weighted by Crippen LogP contribution is -2.42. The molecule has 2 aromatic carbocycles. The summed E-state index contributed by atoms with van der Waals surface area (Å²) in [7, 11) is 0. The van der Waals surface area contributed by atoms with Crippen molar-refractivity contribution in [3.8, 4) is 6.07 Å². The van der Waals surface area contributed by atoms with Crippen molar-refractivity contribution in [2.45, 2.75) is 24.8 Å². The number of aryl methyl sites for hydroxylation is 1. The zero-order valence-electron chi connectivity index (χ0n) is 11.1. The Hall–Kier alpha value is -1.98. The molecular weight excluding hydrogens is 268 g/mol. The minimum atomic E-state index is -0.570. The van der Waals surface area contributed by atoms with Crippen LogP contribution < -0.4 is 5.32 Å². The second kappa shape index (κ2) is 5.19. The standard InChI is InChI=1S/C17H15ClN2/c18-15-7-3-4-8-16(15)20-17(12-19)10-9-13-5-1-2-6-14(13)11-17/h1-8,20H,9-11H2. The van der Waals surface area contributed by atoms with Gasteiger partial charge in [0.2, 0.25) is 0 Å². The Morgan fingerprint density at radius 1 is 1.05 bits per heavy atom. The number of halogens is 1. The molecule has 2 aromatic rings. The minimum Gasteiger partial charge on any atom is -0.366 e. The number of benzene rings is 2. The van der Waals surface area contributed by atoms with Crippen LogP contribution in [0.5, 0.6) is 0 Å². The van der Waals surface area contributed by atoms with Crippen LogP contribution in [0.25, 0.3) is 0 Å². The van der Waals surface area contributed by atoms with E-state index in [1.165, 1.54) is 11.1 Å². The van der Waals surface area contributed by atoms with E-state index in [0.29, 0.717) is 11.4 Å². The summed E-state index contributed by atoms with van der Waals surface area (Å²) in [5.74, 6) is 0. The third-order valence-electron chi connectivity index (χ3n) is 3.89. The summed E-state index contributed by atoms with van der Waals surface area (Å²) >= 11 is 6.19. The van der Waals surface area contributed by atoms with Gasteiger partial charge in [-0.15, -0.1) is 0 Å². The van der Waals surface area contributed by atoms with Crippen molar-refractivity contribution in [1.82, 2.24) is 0 Å². The third-order valence-corrected chi connectivity index (χ3v) is 4.22. The summed E-state index contributed by atoms with van der Waals surface area (Å²) < 4.78 is 0. The van der Waals surface area contributed by atoms with E-state index in [9.17, 15) is 5.26 Å². The maximum atomic E-state index is 9.66. The normalized spacial score (nSPS) is 20.8. The fourth-order valence-electron chi connectivity index (χ4n) is 2.79. The molecule has 20 heavy (non-hydrogen) atoms. The van der Waals surface area contributed by atoms with Gasteiger partial charge in [0, 0.05) is 6.42 Å². The fraction of sp³-hybridized carbons (Fsp3) is 0.235. The van der Waals surface area contributed by atoms with Gasteiger partial charge in [-0.25, -0.2) is 0 Å². The molecule has 0 radical (unpaired) electrons. The number of para-hydroxylation sites is 1. The first-order valence-corrected chi connectivity index (χ1v) is 7.11. The summed E-state index contributed by atoms with van der Waals surface area (Å²) in [5, 5.41) is 13.7. The average Bonchev–Trinajstić information content (AvgIpc) is 2.49. The van der Waals surface area contributed by atoms with E-state index in [-0.39, 0.29) is 0 Å². The van der Waals surface area contributed by atoms with Gasteiger partial charge in [-0.2, -0.15) is 5.26 Å². The van der Waals surface area contributed by atoms with E-state index < -0.39 is 5.54 Å². The van der Waals surface area contributed by atoms with Crippen LogP contribution in [-0.2, 0) is 12.8 Å². The first-order valence-electron chi connectivity index (χ1n) is 6.73. The molecule has 0 spiro atoms. The highest BCUT2D eigenvalue weighted by Gasteiger charge is 2.34. The van der Waals surface area contributed by atoms with Gasteiger partial charge in [0.15, 0.2) is 0 Å². The van der Waals surface area contributed by atoms with E-state index in [0.717, 1.165) is 18.5 Å². The SMILES string of the molecule is N#CC1(Nc2ccccc2Cl)CCc2ccccc2C1. The maximum absolute atomic E-state index is 9.66. The van der Waals surface area contributed by atoms with E-state index in [4.69, 9.17) is 11.6 Å². The summed E-state index contributed by atoms with van der Waals surface area (Å²) in [5.41, 5.74) is 2.86. The molecular formula is C17H15ClN2. The largest absolute Gasteiger partial charge is 0.366 e. The Labute approximate surface area is 124 Å². The predicted molar refractivity (Wildman–Crippen MR) is 81.9 cm³/mol. The summed E-state index contributed by atoms with van der Waals surface area (Å²) in [6.45, 7) is 0. The van der Waals surface area contributed by atoms with Gasteiger partial charge in [-0.05, 0) is 36.1 Å². The first kappa shape index (κ1) is 13.0.